The predicted octanol–water partition coefficient (Wildman–Crippen LogP) is 3.43. The average Bonchev–Trinajstić information content (AvgIpc) is 2.40. The Morgan fingerprint density at radius 1 is 1.32 bits per heavy atom. The molecule has 1 heterocycles. The molecule has 0 fully saturated rings. The van der Waals surface area contributed by atoms with Crippen LogP contribution in [0.1, 0.15) is 29.9 Å². The van der Waals surface area contributed by atoms with Crippen LogP contribution in [0.4, 0.5) is 4.39 Å². The maximum Gasteiger partial charge on any atom is 0.141 e. The van der Waals surface area contributed by atoms with Gasteiger partial charge >= 0.3 is 0 Å². The number of nitrogens with zero attached hydrogens (tertiary/aromatic N) is 2. The van der Waals surface area contributed by atoms with E-state index in [1.54, 1.807) is 24.5 Å². The van der Waals surface area contributed by atoms with Crippen molar-refractivity contribution in [1.82, 2.24) is 15.3 Å². The summed E-state index contributed by atoms with van der Waals surface area (Å²) in [5.41, 5.74) is 2.75. The molecule has 19 heavy (non-hydrogen) atoms. The highest BCUT2D eigenvalue weighted by Crippen LogP contribution is 2.17. The third kappa shape index (κ3) is 3.49. The minimum Gasteiger partial charge on any atom is -0.305 e. The van der Waals surface area contributed by atoms with Crippen LogP contribution in [0.2, 0.25) is 5.02 Å². The summed E-state index contributed by atoms with van der Waals surface area (Å²) in [7, 11) is 0. The molecular formula is C14H15ClFN3. The summed E-state index contributed by atoms with van der Waals surface area (Å²) in [6.07, 6.45) is 3.35. The molecule has 0 saturated heterocycles. The summed E-state index contributed by atoms with van der Waals surface area (Å²) in [5.74, 6) is -0.400. The van der Waals surface area contributed by atoms with Gasteiger partial charge in [0.25, 0.3) is 0 Å². The lowest BCUT2D eigenvalue weighted by atomic mass is 10.1. The van der Waals surface area contributed by atoms with Crippen LogP contribution in [-0.4, -0.2) is 9.97 Å². The van der Waals surface area contributed by atoms with Crippen molar-refractivity contribution in [3.63, 3.8) is 0 Å². The van der Waals surface area contributed by atoms with Crippen molar-refractivity contribution in [3.05, 3.63) is 58.4 Å². The molecule has 2 aromatic rings. The Kier molecular flexibility index (Phi) is 4.45. The summed E-state index contributed by atoms with van der Waals surface area (Å²) in [6, 6.07) is 4.78. The Morgan fingerprint density at radius 3 is 2.74 bits per heavy atom. The molecule has 100 valence electrons. The Bertz CT molecular complexity index is 574. The molecule has 0 spiro atoms. The van der Waals surface area contributed by atoms with Gasteiger partial charge in [-0.1, -0.05) is 17.7 Å². The number of halogens is 2. The van der Waals surface area contributed by atoms with Gasteiger partial charge < -0.3 is 5.32 Å². The van der Waals surface area contributed by atoms with E-state index in [0.29, 0.717) is 6.54 Å². The van der Waals surface area contributed by atoms with Gasteiger partial charge in [-0.2, -0.15) is 0 Å². The summed E-state index contributed by atoms with van der Waals surface area (Å²) in [6.45, 7) is 4.54. The number of aromatic nitrogens is 2. The van der Waals surface area contributed by atoms with Crippen molar-refractivity contribution in [3.8, 4) is 0 Å². The molecule has 2 rings (SSSR count). The second kappa shape index (κ2) is 6.08. The highest BCUT2D eigenvalue weighted by atomic mass is 35.5. The van der Waals surface area contributed by atoms with Crippen molar-refractivity contribution in [2.24, 2.45) is 0 Å². The summed E-state index contributed by atoms with van der Waals surface area (Å²) >= 11 is 5.75. The lowest BCUT2D eigenvalue weighted by Crippen LogP contribution is -2.20. The Hall–Kier alpha value is -1.52. The molecule has 0 aliphatic carbocycles. The first kappa shape index (κ1) is 13.9. The van der Waals surface area contributed by atoms with E-state index in [1.165, 1.54) is 6.07 Å². The Morgan fingerprint density at radius 2 is 2.05 bits per heavy atom. The van der Waals surface area contributed by atoms with E-state index in [0.717, 1.165) is 17.0 Å². The fourth-order valence-electron chi connectivity index (χ4n) is 1.86. The van der Waals surface area contributed by atoms with E-state index in [2.05, 4.69) is 15.3 Å². The highest BCUT2D eigenvalue weighted by molar-refractivity contribution is 6.30. The van der Waals surface area contributed by atoms with Crippen LogP contribution in [0.15, 0.2) is 30.6 Å². The van der Waals surface area contributed by atoms with Crippen LogP contribution in [0.3, 0.4) is 0 Å². The van der Waals surface area contributed by atoms with Crippen LogP contribution in [0.25, 0.3) is 0 Å². The van der Waals surface area contributed by atoms with Gasteiger partial charge in [0.05, 0.1) is 16.4 Å². The third-order valence-corrected chi connectivity index (χ3v) is 3.22. The summed E-state index contributed by atoms with van der Waals surface area (Å²) < 4.78 is 13.0. The quantitative estimate of drug-likeness (QED) is 0.932. The average molecular weight is 280 g/mol. The van der Waals surface area contributed by atoms with Crippen LogP contribution >= 0.6 is 11.6 Å². The lowest BCUT2D eigenvalue weighted by Gasteiger charge is -2.15. The van der Waals surface area contributed by atoms with Crippen molar-refractivity contribution >= 4 is 11.6 Å². The zero-order chi connectivity index (χ0) is 13.8. The molecule has 3 nitrogen and oxygen atoms in total. The topological polar surface area (TPSA) is 37.8 Å². The number of aryl methyl sites for hydroxylation is 1. The van der Waals surface area contributed by atoms with E-state index < -0.39 is 5.82 Å². The maximum absolute atomic E-state index is 13.0. The Balaban J connectivity index is 2.02. The normalized spacial score (nSPS) is 12.4. The predicted molar refractivity (Wildman–Crippen MR) is 73.4 cm³/mol. The molecule has 0 bridgehead atoms. The monoisotopic (exact) mass is 279 g/mol. The first-order chi connectivity index (χ1) is 9.08. The summed E-state index contributed by atoms with van der Waals surface area (Å²) in [5, 5.41) is 3.46. The highest BCUT2D eigenvalue weighted by Gasteiger charge is 2.10. The molecule has 1 aromatic heterocycles. The molecule has 0 aliphatic heterocycles. The van der Waals surface area contributed by atoms with Crippen molar-refractivity contribution in [1.29, 1.82) is 0 Å². The zero-order valence-electron chi connectivity index (χ0n) is 10.8. The largest absolute Gasteiger partial charge is 0.305 e. The van der Waals surface area contributed by atoms with E-state index >= 15 is 0 Å². The molecular weight excluding hydrogens is 265 g/mol. The minimum absolute atomic E-state index is 0.0672. The number of benzene rings is 1. The fourth-order valence-corrected chi connectivity index (χ4v) is 2.06. The molecule has 1 aromatic carbocycles. The van der Waals surface area contributed by atoms with E-state index in [9.17, 15) is 4.39 Å². The molecule has 1 atom stereocenters. The van der Waals surface area contributed by atoms with Gasteiger partial charge in [0.2, 0.25) is 0 Å². The standard InChI is InChI=1S/C14H15ClFN3/c1-9-14(18-6-5-17-9)10(2)19-8-11-3-4-13(16)12(15)7-11/h3-7,10,19H,8H2,1-2H3. The first-order valence-corrected chi connectivity index (χ1v) is 6.40. The first-order valence-electron chi connectivity index (χ1n) is 6.02. The third-order valence-electron chi connectivity index (χ3n) is 2.93. The second-order valence-corrected chi connectivity index (χ2v) is 4.79. The molecule has 5 heteroatoms. The smallest absolute Gasteiger partial charge is 0.141 e. The summed E-state index contributed by atoms with van der Waals surface area (Å²) in [4.78, 5) is 8.52. The molecule has 1 N–H and O–H groups in total. The Labute approximate surface area is 116 Å². The molecule has 0 aliphatic rings. The number of hydrogen-bond donors (Lipinski definition) is 1. The molecule has 0 saturated carbocycles. The maximum atomic E-state index is 13.0. The fraction of sp³-hybridized carbons (Fsp3) is 0.286. The van der Waals surface area contributed by atoms with Crippen LogP contribution in [-0.2, 0) is 6.54 Å². The van der Waals surface area contributed by atoms with E-state index in [4.69, 9.17) is 11.6 Å². The molecule has 0 radical (unpaired) electrons. The van der Waals surface area contributed by atoms with Gasteiger partial charge in [-0.3, -0.25) is 9.97 Å². The van der Waals surface area contributed by atoms with Gasteiger partial charge in [-0.15, -0.1) is 0 Å². The van der Waals surface area contributed by atoms with E-state index in [1.807, 2.05) is 13.8 Å². The number of nitrogens with one attached hydrogen (secondary N) is 1. The minimum atomic E-state index is -0.400. The van der Waals surface area contributed by atoms with E-state index in [-0.39, 0.29) is 11.1 Å². The zero-order valence-corrected chi connectivity index (χ0v) is 11.6. The van der Waals surface area contributed by atoms with Gasteiger partial charge in [0, 0.05) is 25.0 Å². The van der Waals surface area contributed by atoms with Crippen LogP contribution < -0.4 is 5.32 Å². The van der Waals surface area contributed by atoms with Crippen LogP contribution in [0.5, 0.6) is 0 Å². The van der Waals surface area contributed by atoms with Crippen molar-refractivity contribution < 1.29 is 4.39 Å². The number of hydrogen-bond acceptors (Lipinski definition) is 3. The van der Waals surface area contributed by atoms with Gasteiger partial charge in [-0.05, 0) is 31.5 Å². The SMILES string of the molecule is Cc1nccnc1C(C)NCc1ccc(F)c(Cl)c1. The lowest BCUT2D eigenvalue weighted by molar-refractivity contribution is 0.554. The molecule has 0 amide bonds. The van der Waals surface area contributed by atoms with Crippen molar-refractivity contribution in [2.45, 2.75) is 26.4 Å². The number of rotatable bonds is 4. The molecule has 1 unspecified atom stereocenters. The van der Waals surface area contributed by atoms with Gasteiger partial charge in [-0.25, -0.2) is 4.39 Å². The van der Waals surface area contributed by atoms with Crippen LogP contribution in [0, 0.1) is 12.7 Å². The van der Waals surface area contributed by atoms with Gasteiger partial charge in [0.15, 0.2) is 0 Å². The second-order valence-electron chi connectivity index (χ2n) is 4.38. The van der Waals surface area contributed by atoms with Gasteiger partial charge in [0.1, 0.15) is 5.82 Å². The van der Waals surface area contributed by atoms with Crippen molar-refractivity contribution in [2.75, 3.05) is 0 Å².